The molecule has 1 aliphatic carbocycles. The van der Waals surface area contributed by atoms with Gasteiger partial charge in [0.15, 0.2) is 11.5 Å². The van der Waals surface area contributed by atoms with Crippen LogP contribution < -0.4 is 14.8 Å². The van der Waals surface area contributed by atoms with Crippen molar-refractivity contribution in [2.24, 2.45) is 5.92 Å². The summed E-state index contributed by atoms with van der Waals surface area (Å²) in [5, 5.41) is 3.15. The van der Waals surface area contributed by atoms with Gasteiger partial charge in [-0.1, -0.05) is 18.2 Å². The molecule has 0 atom stereocenters. The molecule has 0 bridgehead atoms. The van der Waals surface area contributed by atoms with Crippen molar-refractivity contribution in [2.75, 3.05) is 7.11 Å². The highest BCUT2D eigenvalue weighted by Gasteiger charge is 2.21. The quantitative estimate of drug-likeness (QED) is 0.457. The van der Waals surface area contributed by atoms with Crippen LogP contribution in [-0.4, -0.2) is 25.0 Å². The van der Waals surface area contributed by atoms with E-state index in [0.29, 0.717) is 11.5 Å². The molecule has 0 heterocycles. The van der Waals surface area contributed by atoms with Crippen molar-refractivity contribution < 1.29 is 19.1 Å². The van der Waals surface area contributed by atoms with Crippen LogP contribution in [-0.2, 0) is 16.0 Å². The summed E-state index contributed by atoms with van der Waals surface area (Å²) in [6, 6.07) is 5.46. The second kappa shape index (κ2) is 10.00. The van der Waals surface area contributed by atoms with Crippen LogP contribution in [0.2, 0.25) is 0 Å². The molecule has 5 nitrogen and oxygen atoms in total. The molecule has 1 N–H and O–H groups in total. The van der Waals surface area contributed by atoms with Crippen LogP contribution in [0.5, 0.6) is 11.5 Å². The number of carbonyl (C=O) groups is 2. The molecule has 1 fully saturated rings. The van der Waals surface area contributed by atoms with Crippen LogP contribution >= 0.6 is 0 Å². The highest BCUT2D eigenvalue weighted by atomic mass is 16.6. The summed E-state index contributed by atoms with van der Waals surface area (Å²) >= 11 is 0. The molecule has 1 saturated carbocycles. The second-order valence-corrected chi connectivity index (χ2v) is 6.85. The lowest BCUT2D eigenvalue weighted by atomic mass is 9.84. The second-order valence-electron chi connectivity index (χ2n) is 6.85. The third-order valence-corrected chi connectivity index (χ3v) is 4.76. The molecule has 0 saturated heterocycles. The van der Waals surface area contributed by atoms with Crippen molar-refractivity contribution in [1.82, 2.24) is 5.32 Å². The van der Waals surface area contributed by atoms with Crippen molar-refractivity contribution in [3.63, 3.8) is 0 Å². The number of hydrogen-bond acceptors (Lipinski definition) is 4. The van der Waals surface area contributed by atoms with Crippen molar-refractivity contribution in [3.05, 3.63) is 35.9 Å². The first kappa shape index (κ1) is 20.0. The predicted molar refractivity (Wildman–Crippen MR) is 101 cm³/mol. The molecule has 26 heavy (non-hydrogen) atoms. The number of rotatable bonds is 7. The smallest absolute Gasteiger partial charge is 0.308 e. The van der Waals surface area contributed by atoms with Crippen LogP contribution in [0.1, 0.15) is 51.5 Å². The van der Waals surface area contributed by atoms with E-state index in [1.807, 2.05) is 0 Å². The van der Waals surface area contributed by atoms with E-state index >= 15 is 0 Å². The standard InChI is InChI=1S/C21H29NO4/c1-4-5-6-16-7-10-18(11-8-16)22-21(24)14-17-9-12-19(26-15(2)23)20(13-17)25-3/h4-5,9,12-13,16,18H,6-8,10-11,14H2,1-3H3,(H,22,24)/b5-4+. The molecular formula is C21H29NO4. The number of esters is 1. The van der Waals surface area contributed by atoms with Crippen molar-refractivity contribution in [1.29, 1.82) is 0 Å². The molecule has 0 spiro atoms. The Balaban J connectivity index is 1.85. The molecule has 1 amide bonds. The van der Waals surface area contributed by atoms with Gasteiger partial charge >= 0.3 is 5.97 Å². The highest BCUT2D eigenvalue weighted by Crippen LogP contribution is 2.29. The lowest BCUT2D eigenvalue weighted by molar-refractivity contribution is -0.132. The lowest BCUT2D eigenvalue weighted by Crippen LogP contribution is -2.38. The van der Waals surface area contributed by atoms with Gasteiger partial charge in [0.1, 0.15) is 0 Å². The number of methoxy groups -OCH3 is 1. The van der Waals surface area contributed by atoms with E-state index in [-0.39, 0.29) is 18.4 Å². The normalized spacial score (nSPS) is 20.0. The zero-order chi connectivity index (χ0) is 18.9. The average molecular weight is 359 g/mol. The minimum absolute atomic E-state index is 0.0178. The van der Waals surface area contributed by atoms with Crippen molar-refractivity contribution >= 4 is 11.9 Å². The number of hydrogen-bond donors (Lipinski definition) is 1. The monoisotopic (exact) mass is 359 g/mol. The Bertz CT molecular complexity index is 645. The zero-order valence-corrected chi connectivity index (χ0v) is 15.9. The molecule has 142 valence electrons. The van der Waals surface area contributed by atoms with E-state index in [2.05, 4.69) is 24.4 Å². The molecule has 1 aliphatic rings. The molecule has 0 aromatic heterocycles. The summed E-state index contributed by atoms with van der Waals surface area (Å²) in [6.07, 6.45) is 10.2. The number of amides is 1. The SMILES string of the molecule is C/C=C/CC1CCC(NC(=O)Cc2ccc(OC(C)=O)c(OC)c2)CC1. The first-order valence-corrected chi connectivity index (χ1v) is 9.27. The van der Waals surface area contributed by atoms with E-state index < -0.39 is 5.97 Å². The zero-order valence-electron chi connectivity index (χ0n) is 15.9. The van der Waals surface area contributed by atoms with Gasteiger partial charge in [0.05, 0.1) is 13.5 Å². The van der Waals surface area contributed by atoms with Crippen LogP contribution in [0.25, 0.3) is 0 Å². The Labute approximate surface area is 155 Å². The van der Waals surface area contributed by atoms with Crippen molar-refractivity contribution in [3.8, 4) is 11.5 Å². The van der Waals surface area contributed by atoms with Gasteiger partial charge in [0.25, 0.3) is 0 Å². The summed E-state index contributed by atoms with van der Waals surface area (Å²) in [7, 11) is 1.51. The Morgan fingerprint density at radius 1 is 1.19 bits per heavy atom. The van der Waals surface area contributed by atoms with E-state index in [0.717, 1.165) is 30.7 Å². The molecule has 5 heteroatoms. The van der Waals surface area contributed by atoms with Crippen LogP contribution in [0, 0.1) is 5.92 Å². The Morgan fingerprint density at radius 3 is 2.54 bits per heavy atom. The van der Waals surface area contributed by atoms with E-state index in [4.69, 9.17) is 9.47 Å². The fraction of sp³-hybridized carbons (Fsp3) is 0.524. The maximum absolute atomic E-state index is 12.3. The number of allylic oxidation sites excluding steroid dienone is 2. The summed E-state index contributed by atoms with van der Waals surface area (Å²) in [6.45, 7) is 3.40. The van der Waals surface area contributed by atoms with Crippen molar-refractivity contribution in [2.45, 2.75) is 58.4 Å². The molecule has 2 rings (SSSR count). The van der Waals surface area contributed by atoms with E-state index in [1.165, 1.54) is 26.9 Å². The summed E-state index contributed by atoms with van der Waals surface area (Å²) in [5.41, 5.74) is 0.831. The largest absolute Gasteiger partial charge is 0.493 e. The molecule has 0 unspecified atom stereocenters. The number of ether oxygens (including phenoxy) is 2. The number of carbonyl (C=O) groups excluding carboxylic acids is 2. The first-order chi connectivity index (χ1) is 12.5. The summed E-state index contributed by atoms with van der Waals surface area (Å²) < 4.78 is 10.3. The molecule has 1 aromatic rings. The maximum atomic E-state index is 12.3. The van der Waals surface area contributed by atoms with Gasteiger partial charge < -0.3 is 14.8 Å². The van der Waals surface area contributed by atoms with Gasteiger partial charge in [-0.3, -0.25) is 9.59 Å². The summed E-state index contributed by atoms with van der Waals surface area (Å²) in [4.78, 5) is 23.4. The summed E-state index contributed by atoms with van der Waals surface area (Å²) in [5.74, 6) is 1.18. The minimum Gasteiger partial charge on any atom is -0.493 e. The number of nitrogens with one attached hydrogen (secondary N) is 1. The molecule has 1 aromatic carbocycles. The van der Waals surface area contributed by atoms with Crippen LogP contribution in [0.4, 0.5) is 0 Å². The third kappa shape index (κ3) is 6.21. The minimum atomic E-state index is -0.404. The predicted octanol–water partition coefficient (Wildman–Crippen LogP) is 3.80. The third-order valence-electron chi connectivity index (χ3n) is 4.76. The Kier molecular flexibility index (Phi) is 7.70. The maximum Gasteiger partial charge on any atom is 0.308 e. The molecular weight excluding hydrogens is 330 g/mol. The van der Waals surface area contributed by atoms with Gasteiger partial charge in [-0.05, 0) is 62.6 Å². The van der Waals surface area contributed by atoms with Gasteiger partial charge in [0.2, 0.25) is 5.91 Å². The first-order valence-electron chi connectivity index (χ1n) is 9.27. The van der Waals surface area contributed by atoms with Gasteiger partial charge in [-0.25, -0.2) is 0 Å². The van der Waals surface area contributed by atoms with Gasteiger partial charge in [-0.2, -0.15) is 0 Å². The van der Waals surface area contributed by atoms with Gasteiger partial charge in [-0.15, -0.1) is 0 Å². The van der Waals surface area contributed by atoms with Gasteiger partial charge in [0, 0.05) is 13.0 Å². The van der Waals surface area contributed by atoms with E-state index in [1.54, 1.807) is 18.2 Å². The van der Waals surface area contributed by atoms with Crippen LogP contribution in [0.3, 0.4) is 0 Å². The van der Waals surface area contributed by atoms with Crippen LogP contribution in [0.15, 0.2) is 30.4 Å². The molecule has 0 aliphatic heterocycles. The fourth-order valence-electron chi connectivity index (χ4n) is 3.40. The lowest BCUT2D eigenvalue weighted by Gasteiger charge is -2.28. The topological polar surface area (TPSA) is 64.6 Å². The number of benzene rings is 1. The van der Waals surface area contributed by atoms with E-state index in [9.17, 15) is 9.59 Å². The highest BCUT2D eigenvalue weighted by molar-refractivity contribution is 5.79. The Morgan fingerprint density at radius 2 is 1.92 bits per heavy atom. The average Bonchev–Trinajstić information content (AvgIpc) is 2.62. The fourth-order valence-corrected chi connectivity index (χ4v) is 3.40. The molecule has 0 radical (unpaired) electrons. The Hall–Kier alpha value is -2.30.